The van der Waals surface area contributed by atoms with E-state index in [4.69, 9.17) is 0 Å². The van der Waals surface area contributed by atoms with Crippen molar-refractivity contribution in [2.45, 2.75) is 25.8 Å². The SMILES string of the molecule is CCc1ccc(C2CNCCN2C(=O)Cc2csc(-c3cccnc3)n2)cc1.Cl.Cl. The van der Waals surface area contributed by atoms with Gasteiger partial charge in [-0.25, -0.2) is 4.98 Å². The number of piperazine rings is 1. The topological polar surface area (TPSA) is 58.1 Å². The van der Waals surface area contributed by atoms with Gasteiger partial charge in [0.15, 0.2) is 0 Å². The summed E-state index contributed by atoms with van der Waals surface area (Å²) in [5.74, 6) is 0.133. The van der Waals surface area contributed by atoms with Crippen molar-refractivity contribution in [3.8, 4) is 10.6 Å². The van der Waals surface area contributed by atoms with E-state index in [1.807, 2.05) is 22.4 Å². The van der Waals surface area contributed by atoms with Crippen LogP contribution in [-0.4, -0.2) is 40.4 Å². The van der Waals surface area contributed by atoms with Crippen molar-refractivity contribution in [1.82, 2.24) is 20.2 Å². The minimum Gasteiger partial charge on any atom is -0.333 e. The second-order valence-electron chi connectivity index (χ2n) is 6.96. The predicted molar refractivity (Wildman–Crippen MR) is 127 cm³/mol. The van der Waals surface area contributed by atoms with E-state index in [1.165, 1.54) is 11.1 Å². The molecule has 1 aromatic carbocycles. The summed E-state index contributed by atoms with van der Waals surface area (Å²) < 4.78 is 0. The molecule has 1 saturated heterocycles. The molecule has 3 heterocycles. The van der Waals surface area contributed by atoms with Crippen LogP contribution in [0, 0.1) is 0 Å². The molecule has 1 unspecified atom stereocenters. The third-order valence-corrected chi connectivity index (χ3v) is 6.07. The summed E-state index contributed by atoms with van der Waals surface area (Å²) in [6.07, 6.45) is 4.91. The van der Waals surface area contributed by atoms with Crippen molar-refractivity contribution in [1.29, 1.82) is 0 Å². The van der Waals surface area contributed by atoms with Crippen LogP contribution in [0.1, 0.15) is 29.8 Å². The molecular weight excluding hydrogens is 439 g/mol. The number of pyridine rings is 1. The number of hydrogen-bond acceptors (Lipinski definition) is 5. The molecule has 1 amide bonds. The summed E-state index contributed by atoms with van der Waals surface area (Å²) in [7, 11) is 0. The van der Waals surface area contributed by atoms with Gasteiger partial charge in [0.2, 0.25) is 5.91 Å². The number of halogens is 2. The minimum atomic E-state index is 0. The molecule has 30 heavy (non-hydrogen) atoms. The van der Waals surface area contributed by atoms with Crippen molar-refractivity contribution in [3.05, 3.63) is 71.0 Å². The average Bonchev–Trinajstić information content (AvgIpc) is 3.23. The Balaban J connectivity index is 0.00000160. The van der Waals surface area contributed by atoms with E-state index >= 15 is 0 Å². The number of nitrogens with zero attached hydrogens (tertiary/aromatic N) is 3. The molecule has 1 aliphatic heterocycles. The number of carbonyl (C=O) groups is 1. The molecule has 5 nitrogen and oxygen atoms in total. The summed E-state index contributed by atoms with van der Waals surface area (Å²) in [6, 6.07) is 12.6. The molecule has 1 aliphatic rings. The number of aromatic nitrogens is 2. The van der Waals surface area contributed by atoms with Crippen LogP contribution < -0.4 is 5.32 Å². The molecule has 8 heteroatoms. The van der Waals surface area contributed by atoms with Crippen molar-refractivity contribution in [2.75, 3.05) is 19.6 Å². The molecule has 0 spiro atoms. The fourth-order valence-electron chi connectivity index (χ4n) is 3.54. The van der Waals surface area contributed by atoms with E-state index in [-0.39, 0.29) is 36.8 Å². The van der Waals surface area contributed by atoms with E-state index in [9.17, 15) is 4.79 Å². The first-order valence-electron chi connectivity index (χ1n) is 9.68. The van der Waals surface area contributed by atoms with E-state index in [0.717, 1.165) is 42.3 Å². The minimum absolute atomic E-state index is 0. The lowest BCUT2D eigenvalue weighted by Crippen LogP contribution is -2.49. The van der Waals surface area contributed by atoms with E-state index in [1.54, 1.807) is 23.7 Å². The number of thiazole rings is 1. The molecule has 0 bridgehead atoms. The summed E-state index contributed by atoms with van der Waals surface area (Å²) in [6.45, 7) is 4.49. The third kappa shape index (κ3) is 5.58. The standard InChI is InChI=1S/C22H24N4OS.2ClH/c1-2-16-5-7-17(8-6-16)20-14-24-10-11-26(20)21(27)12-19-15-28-22(25-19)18-4-3-9-23-13-18;;/h3-9,13,15,20,24H,2,10-12,14H2,1H3;2*1H. The molecule has 0 saturated carbocycles. The monoisotopic (exact) mass is 464 g/mol. The van der Waals surface area contributed by atoms with Gasteiger partial charge in [-0.05, 0) is 29.7 Å². The van der Waals surface area contributed by atoms with Gasteiger partial charge in [0.1, 0.15) is 5.01 Å². The molecule has 0 radical (unpaired) electrons. The van der Waals surface area contributed by atoms with Gasteiger partial charge in [0, 0.05) is 43.0 Å². The van der Waals surface area contributed by atoms with E-state index in [0.29, 0.717) is 6.42 Å². The summed E-state index contributed by atoms with van der Waals surface area (Å²) >= 11 is 1.56. The Bertz CT molecular complexity index is 934. The Kier molecular flexibility index (Phi) is 9.24. The van der Waals surface area contributed by atoms with Gasteiger partial charge in [0.25, 0.3) is 0 Å². The second-order valence-corrected chi connectivity index (χ2v) is 7.82. The van der Waals surface area contributed by atoms with Gasteiger partial charge in [-0.2, -0.15) is 0 Å². The summed E-state index contributed by atoms with van der Waals surface area (Å²) in [4.78, 5) is 23.9. The Hall–Kier alpha value is -1.99. The Labute approximate surface area is 193 Å². The molecule has 1 atom stereocenters. The summed E-state index contributed by atoms with van der Waals surface area (Å²) in [5, 5.41) is 6.31. The molecule has 0 aliphatic carbocycles. The Morgan fingerprint density at radius 1 is 1.23 bits per heavy atom. The quantitative estimate of drug-likeness (QED) is 0.610. The smallest absolute Gasteiger partial charge is 0.229 e. The zero-order valence-corrected chi connectivity index (χ0v) is 19.2. The summed E-state index contributed by atoms with van der Waals surface area (Å²) in [5.41, 5.74) is 4.32. The number of rotatable bonds is 5. The van der Waals surface area contributed by atoms with Crippen LogP contribution in [-0.2, 0) is 17.6 Å². The van der Waals surface area contributed by atoms with Crippen molar-refractivity contribution in [3.63, 3.8) is 0 Å². The average molecular weight is 465 g/mol. The number of nitrogens with one attached hydrogen (secondary N) is 1. The Morgan fingerprint density at radius 2 is 2.03 bits per heavy atom. The number of hydrogen-bond donors (Lipinski definition) is 1. The highest BCUT2D eigenvalue weighted by Crippen LogP contribution is 2.26. The highest BCUT2D eigenvalue weighted by Gasteiger charge is 2.28. The molecule has 4 rings (SSSR count). The van der Waals surface area contributed by atoms with Crippen LogP contribution >= 0.6 is 36.2 Å². The fraction of sp³-hybridized carbons (Fsp3) is 0.318. The normalized spacial score (nSPS) is 15.8. The lowest BCUT2D eigenvalue weighted by molar-refractivity contribution is -0.133. The van der Waals surface area contributed by atoms with Gasteiger partial charge in [-0.3, -0.25) is 9.78 Å². The number of aryl methyl sites for hydroxylation is 1. The van der Waals surface area contributed by atoms with Gasteiger partial charge >= 0.3 is 0 Å². The first-order valence-corrected chi connectivity index (χ1v) is 10.6. The van der Waals surface area contributed by atoms with Gasteiger partial charge in [-0.15, -0.1) is 36.2 Å². The maximum atomic E-state index is 13.1. The van der Waals surface area contributed by atoms with Crippen molar-refractivity contribution in [2.24, 2.45) is 0 Å². The highest BCUT2D eigenvalue weighted by molar-refractivity contribution is 7.13. The van der Waals surface area contributed by atoms with Crippen LogP contribution in [0.4, 0.5) is 0 Å². The lowest BCUT2D eigenvalue weighted by atomic mass is 10.0. The number of benzene rings is 1. The van der Waals surface area contributed by atoms with Crippen LogP contribution in [0.2, 0.25) is 0 Å². The molecule has 2 aromatic heterocycles. The van der Waals surface area contributed by atoms with Gasteiger partial charge in [0.05, 0.1) is 18.2 Å². The van der Waals surface area contributed by atoms with Gasteiger partial charge in [-0.1, -0.05) is 31.2 Å². The zero-order chi connectivity index (χ0) is 19.3. The fourth-order valence-corrected chi connectivity index (χ4v) is 4.35. The van der Waals surface area contributed by atoms with Crippen molar-refractivity contribution >= 4 is 42.1 Å². The van der Waals surface area contributed by atoms with Crippen molar-refractivity contribution < 1.29 is 4.79 Å². The van der Waals surface area contributed by atoms with Crippen LogP contribution in [0.5, 0.6) is 0 Å². The largest absolute Gasteiger partial charge is 0.333 e. The first kappa shape index (κ1) is 24.3. The van der Waals surface area contributed by atoms with E-state index < -0.39 is 0 Å². The Morgan fingerprint density at radius 3 is 2.73 bits per heavy atom. The van der Waals surface area contributed by atoms with Crippen LogP contribution in [0.3, 0.4) is 0 Å². The van der Waals surface area contributed by atoms with Gasteiger partial charge < -0.3 is 10.2 Å². The molecule has 1 fully saturated rings. The van der Waals surface area contributed by atoms with E-state index in [2.05, 4.69) is 46.5 Å². The molecular formula is C22H26Cl2N4OS. The highest BCUT2D eigenvalue weighted by atomic mass is 35.5. The molecule has 3 aromatic rings. The first-order chi connectivity index (χ1) is 13.7. The predicted octanol–water partition coefficient (Wildman–Crippen LogP) is 4.33. The lowest BCUT2D eigenvalue weighted by Gasteiger charge is -2.36. The maximum Gasteiger partial charge on any atom is 0.229 e. The number of carbonyl (C=O) groups excluding carboxylic acids is 1. The second kappa shape index (κ2) is 11.4. The molecule has 160 valence electrons. The van der Waals surface area contributed by atoms with Crippen LogP contribution in [0.25, 0.3) is 10.6 Å². The zero-order valence-electron chi connectivity index (χ0n) is 16.8. The maximum absolute atomic E-state index is 13.1. The van der Waals surface area contributed by atoms with Crippen LogP contribution in [0.15, 0.2) is 54.2 Å². The molecule has 1 N–H and O–H groups in total. The third-order valence-electron chi connectivity index (χ3n) is 5.13. The number of amides is 1.